The topological polar surface area (TPSA) is 55.6 Å². The Morgan fingerprint density at radius 2 is 1.73 bits per heavy atom. The number of hydrogen-bond donors (Lipinski definition) is 1. The quantitative estimate of drug-likeness (QED) is 0.655. The maximum atomic E-state index is 4.47. The number of nitrogens with zero attached hydrogens (tertiary/aromatic N) is 4. The third-order valence-electron chi connectivity index (χ3n) is 5.18. The number of tetrazole rings is 1. The normalized spacial score (nSPS) is 16.4. The first-order valence-electron chi connectivity index (χ1n) is 9.07. The molecule has 0 saturated heterocycles. The highest BCUT2D eigenvalue weighted by atomic mass is 79.9. The van der Waals surface area contributed by atoms with Gasteiger partial charge in [0.25, 0.3) is 0 Å². The molecule has 0 aliphatic heterocycles. The van der Waals surface area contributed by atoms with Gasteiger partial charge in [-0.3, -0.25) is 0 Å². The summed E-state index contributed by atoms with van der Waals surface area (Å²) in [6.07, 6.45) is 5.65. The Morgan fingerprint density at radius 3 is 2.46 bits per heavy atom. The van der Waals surface area contributed by atoms with Crippen molar-refractivity contribution in [1.29, 1.82) is 0 Å². The zero-order chi connectivity index (χ0) is 18.0. The lowest BCUT2D eigenvalue weighted by Crippen LogP contribution is -2.40. The molecule has 0 bridgehead atoms. The molecule has 1 aliphatic carbocycles. The lowest BCUT2D eigenvalue weighted by molar-refractivity contribution is 0.309. The molecule has 0 atom stereocenters. The van der Waals surface area contributed by atoms with Crippen molar-refractivity contribution in [3.8, 4) is 5.69 Å². The van der Waals surface area contributed by atoms with Crippen LogP contribution in [0.5, 0.6) is 0 Å². The molecule has 26 heavy (non-hydrogen) atoms. The van der Waals surface area contributed by atoms with Gasteiger partial charge in [-0.2, -0.15) is 4.68 Å². The Hall–Kier alpha value is -2.21. The highest BCUT2D eigenvalue weighted by Crippen LogP contribution is 2.40. The molecule has 5 nitrogen and oxygen atoms in total. The van der Waals surface area contributed by atoms with E-state index in [4.69, 9.17) is 0 Å². The van der Waals surface area contributed by atoms with E-state index >= 15 is 0 Å². The first kappa shape index (κ1) is 17.2. The fourth-order valence-electron chi connectivity index (χ4n) is 3.82. The number of aryl methyl sites for hydroxylation is 1. The molecule has 1 aromatic heterocycles. The molecule has 1 saturated carbocycles. The van der Waals surface area contributed by atoms with Crippen molar-refractivity contribution >= 4 is 21.6 Å². The molecule has 0 amide bonds. The maximum Gasteiger partial charge on any atom is 0.181 e. The van der Waals surface area contributed by atoms with Gasteiger partial charge in [0.05, 0.1) is 11.2 Å². The minimum absolute atomic E-state index is 0.252. The van der Waals surface area contributed by atoms with E-state index < -0.39 is 0 Å². The molecule has 2 aromatic carbocycles. The number of aromatic nitrogens is 4. The standard InChI is InChI=1S/C20H22BrN5/c1-15-7-3-4-8-18(15)26-19(23-24-25-26)20(13-5-2-6-14-20)22-17-11-9-16(21)10-12-17/h3-4,7-12,22H,2,5-6,13-14H2,1H3. The zero-order valence-electron chi connectivity index (χ0n) is 14.8. The Bertz CT molecular complexity index is 881. The number of halogens is 1. The summed E-state index contributed by atoms with van der Waals surface area (Å²) < 4.78 is 2.98. The van der Waals surface area contributed by atoms with Gasteiger partial charge in [0.2, 0.25) is 0 Å². The number of benzene rings is 2. The molecule has 4 rings (SSSR count). The summed E-state index contributed by atoms with van der Waals surface area (Å²) in [6.45, 7) is 2.09. The third kappa shape index (κ3) is 3.26. The van der Waals surface area contributed by atoms with Crippen LogP contribution in [-0.4, -0.2) is 20.2 Å². The number of hydrogen-bond acceptors (Lipinski definition) is 4. The van der Waals surface area contributed by atoms with Crippen molar-refractivity contribution in [1.82, 2.24) is 20.2 Å². The van der Waals surface area contributed by atoms with Crippen molar-refractivity contribution in [3.63, 3.8) is 0 Å². The Labute approximate surface area is 161 Å². The first-order valence-corrected chi connectivity index (χ1v) is 9.86. The van der Waals surface area contributed by atoms with Crippen molar-refractivity contribution in [3.05, 3.63) is 64.4 Å². The second kappa shape index (κ2) is 7.19. The van der Waals surface area contributed by atoms with E-state index in [1.54, 1.807) is 0 Å². The number of para-hydroxylation sites is 1. The van der Waals surface area contributed by atoms with Crippen LogP contribution in [0.1, 0.15) is 43.5 Å². The van der Waals surface area contributed by atoms with Crippen molar-refractivity contribution in [2.45, 2.75) is 44.6 Å². The van der Waals surface area contributed by atoms with E-state index in [1.807, 2.05) is 16.8 Å². The Kier molecular flexibility index (Phi) is 4.76. The first-order chi connectivity index (χ1) is 12.7. The Balaban J connectivity index is 1.78. The molecule has 6 heteroatoms. The lowest BCUT2D eigenvalue weighted by atomic mass is 9.80. The molecule has 1 aliphatic rings. The predicted molar refractivity (Wildman–Crippen MR) is 106 cm³/mol. The van der Waals surface area contributed by atoms with Crippen LogP contribution in [0.2, 0.25) is 0 Å². The highest BCUT2D eigenvalue weighted by Gasteiger charge is 2.39. The van der Waals surface area contributed by atoms with Crippen LogP contribution in [0.15, 0.2) is 53.0 Å². The summed E-state index contributed by atoms with van der Waals surface area (Å²) in [6, 6.07) is 16.6. The monoisotopic (exact) mass is 411 g/mol. The summed E-state index contributed by atoms with van der Waals surface area (Å²) in [5.74, 6) is 0.898. The van der Waals surface area contributed by atoms with Gasteiger partial charge >= 0.3 is 0 Å². The maximum absolute atomic E-state index is 4.47. The van der Waals surface area contributed by atoms with E-state index in [-0.39, 0.29) is 5.54 Å². The van der Waals surface area contributed by atoms with E-state index in [1.165, 1.54) is 19.3 Å². The van der Waals surface area contributed by atoms with E-state index in [2.05, 4.69) is 80.1 Å². The van der Waals surface area contributed by atoms with E-state index in [0.29, 0.717) is 0 Å². The predicted octanol–water partition coefficient (Wildman–Crippen LogP) is 5.00. The van der Waals surface area contributed by atoms with Crippen LogP contribution in [0.4, 0.5) is 5.69 Å². The summed E-state index contributed by atoms with van der Waals surface area (Å²) in [4.78, 5) is 0. The van der Waals surface area contributed by atoms with Crippen LogP contribution in [0.25, 0.3) is 5.69 Å². The molecular weight excluding hydrogens is 390 g/mol. The largest absolute Gasteiger partial charge is 0.373 e. The van der Waals surface area contributed by atoms with Gasteiger partial charge < -0.3 is 5.32 Å². The van der Waals surface area contributed by atoms with Gasteiger partial charge in [-0.15, -0.1) is 5.10 Å². The summed E-state index contributed by atoms with van der Waals surface area (Å²) >= 11 is 3.51. The van der Waals surface area contributed by atoms with Crippen molar-refractivity contribution < 1.29 is 0 Å². The summed E-state index contributed by atoms with van der Waals surface area (Å²) in [5.41, 5.74) is 3.04. The number of nitrogens with one attached hydrogen (secondary N) is 1. The summed E-state index contributed by atoms with van der Waals surface area (Å²) in [7, 11) is 0. The Morgan fingerprint density at radius 1 is 1.00 bits per heavy atom. The number of rotatable bonds is 4. The zero-order valence-corrected chi connectivity index (χ0v) is 16.4. The van der Waals surface area contributed by atoms with Crippen molar-refractivity contribution in [2.24, 2.45) is 0 Å². The molecule has 1 fully saturated rings. The van der Waals surface area contributed by atoms with Crippen LogP contribution >= 0.6 is 15.9 Å². The van der Waals surface area contributed by atoms with E-state index in [0.717, 1.165) is 40.1 Å². The molecule has 0 spiro atoms. The molecule has 134 valence electrons. The van der Waals surface area contributed by atoms with Gasteiger partial charge in [0, 0.05) is 10.2 Å². The molecule has 1 heterocycles. The van der Waals surface area contributed by atoms with Gasteiger partial charge in [0.15, 0.2) is 5.82 Å². The number of anilines is 1. The average Bonchev–Trinajstić information content (AvgIpc) is 3.15. The molecular formula is C20H22BrN5. The molecule has 0 radical (unpaired) electrons. The fourth-order valence-corrected chi connectivity index (χ4v) is 4.08. The van der Waals surface area contributed by atoms with Gasteiger partial charge in [-0.05, 0) is 66.1 Å². The molecule has 0 unspecified atom stereocenters. The second-order valence-corrected chi connectivity index (χ2v) is 7.89. The van der Waals surface area contributed by atoms with Crippen molar-refractivity contribution in [2.75, 3.05) is 5.32 Å². The minimum Gasteiger partial charge on any atom is -0.373 e. The van der Waals surface area contributed by atoms with Crippen LogP contribution < -0.4 is 5.32 Å². The minimum atomic E-state index is -0.252. The van der Waals surface area contributed by atoms with Crippen LogP contribution in [0.3, 0.4) is 0 Å². The van der Waals surface area contributed by atoms with Crippen LogP contribution in [0, 0.1) is 6.92 Å². The van der Waals surface area contributed by atoms with Crippen LogP contribution in [-0.2, 0) is 5.54 Å². The highest BCUT2D eigenvalue weighted by molar-refractivity contribution is 9.10. The van der Waals surface area contributed by atoms with E-state index in [9.17, 15) is 0 Å². The molecule has 3 aromatic rings. The smallest absolute Gasteiger partial charge is 0.181 e. The second-order valence-electron chi connectivity index (χ2n) is 6.98. The molecule has 1 N–H and O–H groups in total. The SMILES string of the molecule is Cc1ccccc1-n1nnnc1C1(Nc2ccc(Br)cc2)CCCCC1. The average molecular weight is 412 g/mol. The lowest BCUT2D eigenvalue weighted by Gasteiger charge is -2.37. The third-order valence-corrected chi connectivity index (χ3v) is 5.70. The van der Waals surface area contributed by atoms with Gasteiger partial charge in [-0.1, -0.05) is 53.4 Å². The van der Waals surface area contributed by atoms with Gasteiger partial charge in [0.1, 0.15) is 0 Å². The summed E-state index contributed by atoms with van der Waals surface area (Å²) in [5, 5.41) is 16.6. The fraction of sp³-hybridized carbons (Fsp3) is 0.350. The van der Waals surface area contributed by atoms with Gasteiger partial charge in [-0.25, -0.2) is 0 Å².